The van der Waals surface area contributed by atoms with E-state index in [1.54, 1.807) is 21.0 Å². The minimum atomic E-state index is -4.07. The molecule has 0 aromatic heterocycles. The number of allylic oxidation sites excluding steroid dienone is 1. The molecule has 15 heavy (non-hydrogen) atoms. The van der Waals surface area contributed by atoms with Crippen molar-refractivity contribution < 1.29 is 13.0 Å². The Morgan fingerprint density at radius 1 is 1.53 bits per heavy atom. The van der Waals surface area contributed by atoms with E-state index in [1.165, 1.54) is 0 Å². The van der Waals surface area contributed by atoms with Gasteiger partial charge in [0.2, 0.25) is 0 Å². The molecule has 0 saturated heterocycles. The zero-order valence-electron chi connectivity index (χ0n) is 9.24. The lowest BCUT2D eigenvalue weighted by Crippen LogP contribution is -2.54. The fraction of sp³-hybridized carbons (Fsp3) is 0.778. The van der Waals surface area contributed by atoms with E-state index in [4.69, 9.17) is 0 Å². The van der Waals surface area contributed by atoms with Crippen LogP contribution < -0.4 is 10.6 Å². The van der Waals surface area contributed by atoms with E-state index < -0.39 is 14.9 Å². The largest absolute Gasteiger partial charge is 0.392 e. The maximum atomic E-state index is 11.4. The number of hydrogen-bond acceptors (Lipinski definition) is 4. The summed E-state index contributed by atoms with van der Waals surface area (Å²) in [6, 6.07) is -0.260. The normalized spacial score (nSPS) is 32.3. The van der Waals surface area contributed by atoms with Gasteiger partial charge in [-0.15, -0.1) is 0 Å². The van der Waals surface area contributed by atoms with Crippen molar-refractivity contribution in [3.8, 4) is 0 Å². The third-order valence-electron chi connectivity index (χ3n) is 3.14. The number of rotatable bonds is 3. The third kappa shape index (κ3) is 2.16. The van der Waals surface area contributed by atoms with Crippen molar-refractivity contribution in [2.24, 2.45) is 0 Å². The summed E-state index contributed by atoms with van der Waals surface area (Å²) in [7, 11) is -0.626. The Balaban J connectivity index is 3.10. The molecule has 1 aliphatic carbocycles. The second-order valence-corrected chi connectivity index (χ2v) is 5.90. The summed E-state index contributed by atoms with van der Waals surface area (Å²) in [5, 5.41) is 5.87. The van der Waals surface area contributed by atoms with Gasteiger partial charge < -0.3 is 10.6 Å². The van der Waals surface area contributed by atoms with Gasteiger partial charge in [-0.3, -0.25) is 4.55 Å². The predicted molar refractivity (Wildman–Crippen MR) is 59.2 cm³/mol. The Hall–Kier alpha value is -0.590. The van der Waals surface area contributed by atoms with Crippen LogP contribution in [0.5, 0.6) is 0 Å². The van der Waals surface area contributed by atoms with Crippen LogP contribution in [0, 0.1) is 0 Å². The molecule has 0 aromatic carbocycles. The molecule has 88 valence electrons. The summed E-state index contributed by atoms with van der Waals surface area (Å²) in [4.78, 5) is 0. The van der Waals surface area contributed by atoms with Gasteiger partial charge in [-0.1, -0.05) is 6.08 Å². The van der Waals surface area contributed by atoms with Gasteiger partial charge in [-0.25, -0.2) is 0 Å². The van der Waals surface area contributed by atoms with Crippen molar-refractivity contribution in [2.45, 2.75) is 30.6 Å². The zero-order chi connectivity index (χ0) is 11.7. The standard InChI is InChI=1S/C9H18N2O3S/c1-9(15(12,13)14)6-7(10-2)4-5-8(9)11-3/h4,8,10-11H,5-6H2,1-3H3,(H,12,13,14). The molecular weight excluding hydrogens is 216 g/mol. The third-order valence-corrected chi connectivity index (χ3v) is 4.74. The van der Waals surface area contributed by atoms with Crippen LogP contribution in [0.15, 0.2) is 11.8 Å². The topological polar surface area (TPSA) is 78.4 Å². The molecule has 2 atom stereocenters. The van der Waals surface area contributed by atoms with Gasteiger partial charge in [0, 0.05) is 25.2 Å². The highest BCUT2D eigenvalue weighted by molar-refractivity contribution is 7.87. The quantitative estimate of drug-likeness (QED) is 0.604. The van der Waals surface area contributed by atoms with Gasteiger partial charge in [0.05, 0.1) is 0 Å². The monoisotopic (exact) mass is 234 g/mol. The van der Waals surface area contributed by atoms with E-state index in [-0.39, 0.29) is 6.04 Å². The summed E-state index contributed by atoms with van der Waals surface area (Å²) in [6.45, 7) is 1.56. The summed E-state index contributed by atoms with van der Waals surface area (Å²) >= 11 is 0. The van der Waals surface area contributed by atoms with E-state index in [1.807, 2.05) is 6.08 Å². The van der Waals surface area contributed by atoms with Gasteiger partial charge in [0.25, 0.3) is 10.1 Å². The molecule has 3 N–H and O–H groups in total. The maximum absolute atomic E-state index is 11.4. The summed E-state index contributed by atoms with van der Waals surface area (Å²) in [5.41, 5.74) is 0.849. The molecule has 0 bridgehead atoms. The molecule has 0 radical (unpaired) electrons. The molecule has 0 fully saturated rings. The van der Waals surface area contributed by atoms with Crippen molar-refractivity contribution in [1.82, 2.24) is 10.6 Å². The lowest BCUT2D eigenvalue weighted by molar-refractivity contribution is 0.350. The van der Waals surface area contributed by atoms with Crippen LogP contribution in [-0.2, 0) is 10.1 Å². The summed E-state index contributed by atoms with van der Waals surface area (Å²) < 4.78 is 30.9. The van der Waals surface area contributed by atoms with Gasteiger partial charge in [0.15, 0.2) is 0 Å². The molecule has 0 aromatic rings. The molecule has 1 rings (SSSR count). The Kier molecular flexibility index (Phi) is 3.42. The van der Waals surface area contributed by atoms with E-state index in [2.05, 4.69) is 10.6 Å². The lowest BCUT2D eigenvalue weighted by Gasteiger charge is -2.38. The smallest absolute Gasteiger partial charge is 0.272 e. The highest BCUT2D eigenvalue weighted by atomic mass is 32.2. The first kappa shape index (κ1) is 12.5. The molecule has 5 nitrogen and oxygen atoms in total. The predicted octanol–water partition coefficient (Wildman–Crippen LogP) is 0.118. The average Bonchev–Trinajstić information content (AvgIpc) is 2.16. The van der Waals surface area contributed by atoms with Crippen LogP contribution in [0.4, 0.5) is 0 Å². The molecule has 6 heteroatoms. The van der Waals surface area contributed by atoms with Crippen LogP contribution in [0.3, 0.4) is 0 Å². The van der Waals surface area contributed by atoms with Crippen molar-refractivity contribution in [3.63, 3.8) is 0 Å². The van der Waals surface area contributed by atoms with Crippen molar-refractivity contribution >= 4 is 10.1 Å². The maximum Gasteiger partial charge on any atom is 0.272 e. The molecule has 0 saturated carbocycles. The molecular formula is C9H18N2O3S. The summed E-state index contributed by atoms with van der Waals surface area (Å²) in [6.07, 6.45) is 2.84. The highest BCUT2D eigenvalue weighted by Gasteiger charge is 2.46. The van der Waals surface area contributed by atoms with E-state index in [0.29, 0.717) is 12.8 Å². The Morgan fingerprint density at radius 2 is 2.13 bits per heavy atom. The molecule has 0 heterocycles. The molecule has 0 spiro atoms. The van der Waals surface area contributed by atoms with Gasteiger partial charge >= 0.3 is 0 Å². The zero-order valence-corrected chi connectivity index (χ0v) is 10.1. The molecule has 1 aliphatic rings. The van der Waals surface area contributed by atoms with Crippen molar-refractivity contribution in [1.29, 1.82) is 0 Å². The molecule has 0 amide bonds. The van der Waals surface area contributed by atoms with Crippen LogP contribution in [0.2, 0.25) is 0 Å². The Bertz CT molecular complexity index is 364. The fourth-order valence-electron chi connectivity index (χ4n) is 1.97. The Labute approximate surface area is 90.7 Å². The highest BCUT2D eigenvalue weighted by Crippen LogP contribution is 2.33. The lowest BCUT2D eigenvalue weighted by atomic mass is 9.87. The van der Waals surface area contributed by atoms with Crippen LogP contribution >= 0.6 is 0 Å². The van der Waals surface area contributed by atoms with Crippen LogP contribution in [0.25, 0.3) is 0 Å². The minimum Gasteiger partial charge on any atom is -0.392 e. The first-order valence-corrected chi connectivity index (χ1v) is 6.30. The number of nitrogens with one attached hydrogen (secondary N) is 2. The van der Waals surface area contributed by atoms with Gasteiger partial charge in [0.1, 0.15) is 4.75 Å². The number of hydrogen-bond donors (Lipinski definition) is 3. The molecule has 2 unspecified atom stereocenters. The van der Waals surface area contributed by atoms with Crippen LogP contribution in [0.1, 0.15) is 19.8 Å². The van der Waals surface area contributed by atoms with E-state index in [9.17, 15) is 13.0 Å². The summed E-state index contributed by atoms with van der Waals surface area (Å²) in [5.74, 6) is 0. The van der Waals surface area contributed by atoms with Gasteiger partial charge in [-0.05, 0) is 20.4 Å². The first-order valence-electron chi connectivity index (χ1n) is 4.86. The second kappa shape index (κ2) is 4.11. The second-order valence-electron chi connectivity index (χ2n) is 4.02. The SMILES string of the molecule is CNC1=CCC(NC)C(C)(S(=O)(=O)O)C1. The Morgan fingerprint density at radius 3 is 2.53 bits per heavy atom. The van der Waals surface area contributed by atoms with Crippen LogP contribution in [-0.4, -0.2) is 37.9 Å². The van der Waals surface area contributed by atoms with Crippen molar-refractivity contribution in [2.75, 3.05) is 14.1 Å². The van der Waals surface area contributed by atoms with E-state index >= 15 is 0 Å². The van der Waals surface area contributed by atoms with E-state index in [0.717, 1.165) is 5.70 Å². The molecule has 0 aliphatic heterocycles. The van der Waals surface area contributed by atoms with Gasteiger partial charge in [-0.2, -0.15) is 8.42 Å². The first-order chi connectivity index (χ1) is 6.85. The minimum absolute atomic E-state index is 0.260. The average molecular weight is 234 g/mol. The fourth-order valence-corrected chi connectivity index (χ4v) is 2.88. The van der Waals surface area contributed by atoms with Crippen molar-refractivity contribution in [3.05, 3.63) is 11.8 Å².